The van der Waals surface area contributed by atoms with Gasteiger partial charge in [-0.1, -0.05) is 13.3 Å². The normalized spacial score (nSPS) is 13.4. The first-order valence-electron chi connectivity index (χ1n) is 4.05. The van der Waals surface area contributed by atoms with Crippen molar-refractivity contribution >= 4 is 0 Å². The van der Waals surface area contributed by atoms with E-state index >= 15 is 0 Å². The van der Waals surface area contributed by atoms with E-state index in [1.165, 1.54) is 0 Å². The third-order valence-electron chi connectivity index (χ3n) is 1.84. The van der Waals surface area contributed by atoms with Crippen molar-refractivity contribution in [2.75, 3.05) is 0 Å². The standard InChI is InChI=1S/C9H15NO/c1-3-4-8(10)9-7(2)5-6-11-9/h5-6,8H,3-4,10H2,1-2H3/t8-/m1/s1. The Balaban J connectivity index is 2.67. The number of nitrogens with two attached hydrogens (primary N) is 1. The SMILES string of the molecule is CCC[C@@H](N)c1occc1C. The smallest absolute Gasteiger partial charge is 0.123 e. The van der Waals surface area contributed by atoms with Crippen molar-refractivity contribution in [3.05, 3.63) is 23.7 Å². The first-order valence-corrected chi connectivity index (χ1v) is 4.05. The van der Waals surface area contributed by atoms with Gasteiger partial charge in [0.25, 0.3) is 0 Å². The number of hydrogen-bond acceptors (Lipinski definition) is 2. The number of hydrogen-bond donors (Lipinski definition) is 1. The molecule has 0 aromatic carbocycles. The molecule has 1 rings (SSSR count). The number of furan rings is 1. The lowest BCUT2D eigenvalue weighted by Crippen LogP contribution is -2.09. The van der Waals surface area contributed by atoms with Crippen molar-refractivity contribution in [1.82, 2.24) is 0 Å². The van der Waals surface area contributed by atoms with E-state index in [9.17, 15) is 0 Å². The highest BCUT2D eigenvalue weighted by atomic mass is 16.3. The van der Waals surface area contributed by atoms with Crippen molar-refractivity contribution < 1.29 is 4.42 Å². The van der Waals surface area contributed by atoms with Crippen molar-refractivity contribution in [1.29, 1.82) is 0 Å². The Morgan fingerprint density at radius 3 is 2.82 bits per heavy atom. The van der Waals surface area contributed by atoms with Crippen molar-refractivity contribution in [2.24, 2.45) is 5.73 Å². The lowest BCUT2D eigenvalue weighted by atomic mass is 10.1. The van der Waals surface area contributed by atoms with E-state index in [1.807, 2.05) is 13.0 Å². The zero-order valence-corrected chi connectivity index (χ0v) is 7.13. The van der Waals surface area contributed by atoms with Crippen LogP contribution in [0.25, 0.3) is 0 Å². The van der Waals surface area contributed by atoms with Crippen LogP contribution in [-0.4, -0.2) is 0 Å². The van der Waals surface area contributed by atoms with Crippen LogP contribution in [0.1, 0.15) is 37.1 Å². The second-order valence-corrected chi connectivity index (χ2v) is 2.86. The maximum atomic E-state index is 5.86. The van der Waals surface area contributed by atoms with E-state index in [0.717, 1.165) is 24.2 Å². The molecule has 2 N–H and O–H groups in total. The predicted octanol–water partition coefficient (Wildman–Crippen LogP) is 2.39. The van der Waals surface area contributed by atoms with E-state index < -0.39 is 0 Å². The summed E-state index contributed by atoms with van der Waals surface area (Å²) in [5, 5.41) is 0. The molecule has 0 radical (unpaired) electrons. The van der Waals surface area contributed by atoms with Gasteiger partial charge in [-0.15, -0.1) is 0 Å². The highest BCUT2D eigenvalue weighted by Gasteiger charge is 2.10. The van der Waals surface area contributed by atoms with Crippen molar-refractivity contribution in [3.63, 3.8) is 0 Å². The summed E-state index contributed by atoms with van der Waals surface area (Å²) in [5.74, 6) is 0.937. The Morgan fingerprint density at radius 1 is 1.64 bits per heavy atom. The number of aryl methyl sites for hydroxylation is 1. The van der Waals surface area contributed by atoms with E-state index in [-0.39, 0.29) is 6.04 Å². The second kappa shape index (κ2) is 3.58. The van der Waals surface area contributed by atoms with Crippen LogP contribution in [0.4, 0.5) is 0 Å². The van der Waals surface area contributed by atoms with E-state index in [0.29, 0.717) is 0 Å². The third-order valence-corrected chi connectivity index (χ3v) is 1.84. The van der Waals surface area contributed by atoms with Crippen LogP contribution in [0.2, 0.25) is 0 Å². The van der Waals surface area contributed by atoms with Gasteiger partial charge < -0.3 is 10.2 Å². The van der Waals surface area contributed by atoms with E-state index in [1.54, 1.807) is 6.26 Å². The van der Waals surface area contributed by atoms with Crippen LogP contribution < -0.4 is 5.73 Å². The molecule has 0 fully saturated rings. The summed E-state index contributed by atoms with van der Waals surface area (Å²) >= 11 is 0. The van der Waals surface area contributed by atoms with Gasteiger partial charge in [0.1, 0.15) is 5.76 Å². The van der Waals surface area contributed by atoms with Gasteiger partial charge in [-0.3, -0.25) is 0 Å². The molecule has 2 nitrogen and oxygen atoms in total. The van der Waals surface area contributed by atoms with Gasteiger partial charge in [0, 0.05) is 0 Å². The molecular weight excluding hydrogens is 138 g/mol. The zero-order valence-electron chi connectivity index (χ0n) is 7.13. The predicted molar refractivity (Wildman–Crippen MR) is 45.3 cm³/mol. The van der Waals surface area contributed by atoms with Gasteiger partial charge in [-0.05, 0) is 25.0 Å². The fourth-order valence-corrected chi connectivity index (χ4v) is 1.21. The molecule has 1 aromatic rings. The van der Waals surface area contributed by atoms with Gasteiger partial charge in [-0.2, -0.15) is 0 Å². The zero-order chi connectivity index (χ0) is 8.27. The summed E-state index contributed by atoms with van der Waals surface area (Å²) < 4.78 is 5.25. The molecule has 1 aromatic heterocycles. The molecule has 11 heavy (non-hydrogen) atoms. The van der Waals surface area contributed by atoms with Crippen molar-refractivity contribution in [3.8, 4) is 0 Å². The molecule has 1 atom stereocenters. The average molecular weight is 153 g/mol. The van der Waals surface area contributed by atoms with Crippen molar-refractivity contribution in [2.45, 2.75) is 32.7 Å². The van der Waals surface area contributed by atoms with Crippen LogP contribution in [0, 0.1) is 6.92 Å². The Labute approximate surface area is 67.4 Å². The highest BCUT2D eigenvalue weighted by Crippen LogP contribution is 2.19. The minimum Gasteiger partial charge on any atom is -0.467 e. The summed E-state index contributed by atoms with van der Waals surface area (Å²) in [6, 6.07) is 2.03. The molecule has 0 bridgehead atoms. The summed E-state index contributed by atoms with van der Waals surface area (Å²) in [6.45, 7) is 4.15. The van der Waals surface area contributed by atoms with E-state index in [2.05, 4.69) is 6.92 Å². The molecule has 0 unspecified atom stereocenters. The lowest BCUT2D eigenvalue weighted by Gasteiger charge is -2.07. The van der Waals surface area contributed by atoms with Crippen LogP contribution >= 0.6 is 0 Å². The summed E-state index contributed by atoms with van der Waals surface area (Å²) in [5.41, 5.74) is 7.02. The summed E-state index contributed by atoms with van der Waals surface area (Å²) in [7, 11) is 0. The lowest BCUT2D eigenvalue weighted by molar-refractivity contribution is 0.447. The minimum atomic E-state index is 0.0787. The molecule has 0 spiro atoms. The Kier molecular flexibility index (Phi) is 2.71. The molecule has 0 amide bonds. The van der Waals surface area contributed by atoms with Gasteiger partial charge in [0.15, 0.2) is 0 Å². The monoisotopic (exact) mass is 153 g/mol. The molecule has 1 heterocycles. The average Bonchev–Trinajstić information content (AvgIpc) is 2.36. The van der Waals surface area contributed by atoms with Gasteiger partial charge in [0.2, 0.25) is 0 Å². The first-order chi connectivity index (χ1) is 5.25. The molecular formula is C9H15NO. The van der Waals surface area contributed by atoms with Gasteiger partial charge in [0.05, 0.1) is 12.3 Å². The largest absolute Gasteiger partial charge is 0.467 e. The molecule has 0 aliphatic rings. The first kappa shape index (κ1) is 8.34. The maximum absolute atomic E-state index is 5.86. The third kappa shape index (κ3) is 1.84. The second-order valence-electron chi connectivity index (χ2n) is 2.86. The summed E-state index contributed by atoms with van der Waals surface area (Å²) in [6.07, 6.45) is 3.79. The molecule has 0 aliphatic heterocycles. The Hall–Kier alpha value is -0.760. The summed E-state index contributed by atoms with van der Waals surface area (Å²) in [4.78, 5) is 0. The van der Waals surface area contributed by atoms with Crippen LogP contribution in [0.15, 0.2) is 16.7 Å². The Bertz CT molecular complexity index is 217. The Morgan fingerprint density at radius 2 is 2.36 bits per heavy atom. The quantitative estimate of drug-likeness (QED) is 0.724. The minimum absolute atomic E-state index is 0.0787. The molecule has 0 aliphatic carbocycles. The molecule has 0 saturated carbocycles. The maximum Gasteiger partial charge on any atom is 0.123 e. The van der Waals surface area contributed by atoms with Crippen LogP contribution in [0.5, 0.6) is 0 Å². The van der Waals surface area contributed by atoms with Gasteiger partial charge in [-0.25, -0.2) is 0 Å². The number of rotatable bonds is 3. The van der Waals surface area contributed by atoms with Crippen LogP contribution in [0.3, 0.4) is 0 Å². The molecule has 0 saturated heterocycles. The van der Waals surface area contributed by atoms with Gasteiger partial charge >= 0.3 is 0 Å². The highest BCUT2D eigenvalue weighted by molar-refractivity contribution is 5.17. The fraction of sp³-hybridized carbons (Fsp3) is 0.556. The molecule has 2 heteroatoms. The van der Waals surface area contributed by atoms with Crippen LogP contribution in [-0.2, 0) is 0 Å². The van der Waals surface area contributed by atoms with E-state index in [4.69, 9.17) is 10.2 Å². The topological polar surface area (TPSA) is 39.2 Å². The molecule has 62 valence electrons. The fourth-order valence-electron chi connectivity index (χ4n) is 1.21.